The van der Waals surface area contributed by atoms with Gasteiger partial charge in [0.2, 0.25) is 0 Å². The molecule has 0 radical (unpaired) electrons. The second-order valence-corrected chi connectivity index (χ2v) is 6.74. The summed E-state index contributed by atoms with van der Waals surface area (Å²) in [5, 5.41) is 0. The summed E-state index contributed by atoms with van der Waals surface area (Å²) < 4.78 is 0.302. The van der Waals surface area contributed by atoms with Crippen molar-refractivity contribution in [1.82, 2.24) is 0 Å². The van der Waals surface area contributed by atoms with E-state index in [-0.39, 0.29) is 0 Å². The Balaban J connectivity index is 2.58. The summed E-state index contributed by atoms with van der Waals surface area (Å²) in [5.74, 6) is 0.869. The highest BCUT2D eigenvalue weighted by Gasteiger charge is 2.34. The average molecular weight is 186 g/mol. The van der Waals surface area contributed by atoms with E-state index in [0.717, 1.165) is 5.92 Å². The van der Waals surface area contributed by atoms with Gasteiger partial charge in [0.1, 0.15) is 0 Å². The van der Waals surface area contributed by atoms with Crippen molar-refractivity contribution in [3.05, 3.63) is 0 Å². The van der Waals surface area contributed by atoms with Crippen LogP contribution in [0.5, 0.6) is 0 Å². The molecule has 0 aliphatic heterocycles. The molecular weight excluding hydrogens is 164 g/mol. The van der Waals surface area contributed by atoms with E-state index in [4.69, 9.17) is 12.6 Å². The van der Waals surface area contributed by atoms with E-state index in [1.165, 1.54) is 25.7 Å². The van der Waals surface area contributed by atoms with Gasteiger partial charge in [-0.25, -0.2) is 0 Å². The van der Waals surface area contributed by atoms with Crippen molar-refractivity contribution < 1.29 is 0 Å². The summed E-state index contributed by atoms with van der Waals surface area (Å²) in [6, 6.07) is 0. The first-order valence-electron chi connectivity index (χ1n) is 5.04. The summed E-state index contributed by atoms with van der Waals surface area (Å²) in [6.07, 6.45) is 5.35. The summed E-state index contributed by atoms with van der Waals surface area (Å²) >= 11 is 4.71. The Kier molecular flexibility index (Phi) is 2.82. The van der Waals surface area contributed by atoms with Crippen LogP contribution < -0.4 is 0 Å². The maximum absolute atomic E-state index is 4.71. The molecule has 0 spiro atoms. The van der Waals surface area contributed by atoms with Gasteiger partial charge in [-0.2, -0.15) is 12.6 Å². The van der Waals surface area contributed by atoms with E-state index >= 15 is 0 Å². The molecule has 2 atom stereocenters. The molecule has 1 aliphatic rings. The molecule has 12 heavy (non-hydrogen) atoms. The lowest BCUT2D eigenvalue weighted by molar-refractivity contribution is 0.161. The third kappa shape index (κ3) is 2.69. The van der Waals surface area contributed by atoms with Crippen LogP contribution in [-0.4, -0.2) is 4.75 Å². The molecule has 0 amide bonds. The minimum Gasteiger partial charge on any atom is -0.173 e. The maximum atomic E-state index is 4.71. The number of thiol groups is 1. The van der Waals surface area contributed by atoms with Gasteiger partial charge in [-0.3, -0.25) is 0 Å². The Hall–Kier alpha value is 0.350. The zero-order valence-electron chi connectivity index (χ0n) is 8.85. The summed E-state index contributed by atoms with van der Waals surface area (Å²) in [7, 11) is 0. The third-order valence-electron chi connectivity index (χ3n) is 3.18. The van der Waals surface area contributed by atoms with Gasteiger partial charge in [-0.15, -0.1) is 0 Å². The number of hydrogen-bond acceptors (Lipinski definition) is 1. The first-order chi connectivity index (χ1) is 5.31. The Labute approximate surface area is 82.5 Å². The molecule has 72 valence electrons. The van der Waals surface area contributed by atoms with Crippen LogP contribution in [0.25, 0.3) is 0 Å². The van der Waals surface area contributed by atoms with E-state index in [2.05, 4.69) is 27.7 Å². The fourth-order valence-corrected chi connectivity index (χ4v) is 2.58. The average Bonchev–Trinajstić information content (AvgIpc) is 1.83. The van der Waals surface area contributed by atoms with Gasteiger partial charge in [0.05, 0.1) is 0 Å². The topological polar surface area (TPSA) is 0 Å². The van der Waals surface area contributed by atoms with Gasteiger partial charge in [-0.1, -0.05) is 34.1 Å². The van der Waals surface area contributed by atoms with Gasteiger partial charge in [-0.05, 0) is 30.6 Å². The van der Waals surface area contributed by atoms with Crippen LogP contribution in [0, 0.1) is 11.3 Å². The molecule has 1 rings (SSSR count). The van der Waals surface area contributed by atoms with Crippen LogP contribution >= 0.6 is 12.6 Å². The molecule has 0 saturated heterocycles. The summed E-state index contributed by atoms with van der Waals surface area (Å²) in [5.41, 5.74) is 0.477. The fourth-order valence-electron chi connectivity index (χ4n) is 2.20. The quantitative estimate of drug-likeness (QED) is 0.545. The van der Waals surface area contributed by atoms with Gasteiger partial charge < -0.3 is 0 Å². The standard InChI is InChI=1S/C11H22S/c1-10(2,3)9-6-5-7-11(4,12)8-9/h9,12H,5-8H2,1-4H3. The molecule has 0 aromatic carbocycles. The molecule has 1 fully saturated rings. The van der Waals surface area contributed by atoms with Crippen LogP contribution in [0.2, 0.25) is 0 Å². The van der Waals surface area contributed by atoms with Gasteiger partial charge >= 0.3 is 0 Å². The predicted molar refractivity (Wildman–Crippen MR) is 58.8 cm³/mol. The highest BCUT2D eigenvalue weighted by atomic mass is 32.1. The fraction of sp³-hybridized carbons (Fsp3) is 1.00. The Morgan fingerprint density at radius 3 is 2.25 bits per heavy atom. The molecule has 0 aromatic rings. The third-order valence-corrected chi connectivity index (χ3v) is 3.59. The lowest BCUT2D eigenvalue weighted by Crippen LogP contribution is -2.33. The van der Waals surface area contributed by atoms with Crippen molar-refractivity contribution in [1.29, 1.82) is 0 Å². The van der Waals surface area contributed by atoms with Crippen molar-refractivity contribution in [2.24, 2.45) is 11.3 Å². The van der Waals surface area contributed by atoms with Crippen LogP contribution in [0.4, 0.5) is 0 Å². The van der Waals surface area contributed by atoms with Crippen molar-refractivity contribution in [3.63, 3.8) is 0 Å². The van der Waals surface area contributed by atoms with Crippen molar-refractivity contribution in [3.8, 4) is 0 Å². The highest BCUT2D eigenvalue weighted by Crippen LogP contribution is 2.44. The molecule has 0 nitrogen and oxygen atoms in total. The van der Waals surface area contributed by atoms with E-state index in [1.807, 2.05) is 0 Å². The van der Waals surface area contributed by atoms with E-state index < -0.39 is 0 Å². The molecule has 1 saturated carbocycles. The number of hydrogen-bond donors (Lipinski definition) is 1. The molecule has 1 aliphatic carbocycles. The van der Waals surface area contributed by atoms with Crippen molar-refractivity contribution in [2.45, 2.75) is 58.1 Å². The minimum absolute atomic E-state index is 0.302. The van der Waals surface area contributed by atoms with Gasteiger partial charge in [0.15, 0.2) is 0 Å². The van der Waals surface area contributed by atoms with Crippen molar-refractivity contribution >= 4 is 12.6 Å². The molecule has 0 N–H and O–H groups in total. The second-order valence-electron chi connectivity index (χ2n) is 5.66. The monoisotopic (exact) mass is 186 g/mol. The van der Waals surface area contributed by atoms with Crippen molar-refractivity contribution in [2.75, 3.05) is 0 Å². The molecule has 0 bridgehead atoms. The zero-order valence-corrected chi connectivity index (χ0v) is 9.75. The molecule has 2 unspecified atom stereocenters. The second kappa shape index (κ2) is 3.25. The first kappa shape index (κ1) is 10.4. The Morgan fingerprint density at radius 2 is 1.92 bits per heavy atom. The maximum Gasteiger partial charge on any atom is 0.0104 e. The predicted octanol–water partition coefficient (Wildman–Crippen LogP) is 3.91. The van der Waals surface area contributed by atoms with Gasteiger partial charge in [0.25, 0.3) is 0 Å². The smallest absolute Gasteiger partial charge is 0.0104 e. The Bertz CT molecular complexity index is 150. The Morgan fingerprint density at radius 1 is 1.33 bits per heavy atom. The van der Waals surface area contributed by atoms with Crippen LogP contribution in [-0.2, 0) is 0 Å². The lowest BCUT2D eigenvalue weighted by Gasteiger charge is -2.41. The largest absolute Gasteiger partial charge is 0.173 e. The van der Waals surface area contributed by atoms with E-state index in [9.17, 15) is 0 Å². The zero-order chi connectivity index (χ0) is 9.41. The highest BCUT2D eigenvalue weighted by molar-refractivity contribution is 7.81. The first-order valence-corrected chi connectivity index (χ1v) is 5.48. The summed E-state index contributed by atoms with van der Waals surface area (Å²) in [4.78, 5) is 0. The summed E-state index contributed by atoms with van der Waals surface area (Å²) in [6.45, 7) is 9.35. The SMILES string of the molecule is CC1(S)CCCC(C(C)(C)C)C1. The number of rotatable bonds is 0. The normalized spacial score (nSPS) is 38.2. The lowest BCUT2D eigenvalue weighted by atomic mass is 9.69. The van der Waals surface area contributed by atoms with Crippen LogP contribution in [0.3, 0.4) is 0 Å². The molecule has 0 aromatic heterocycles. The van der Waals surface area contributed by atoms with Gasteiger partial charge in [0, 0.05) is 4.75 Å². The van der Waals surface area contributed by atoms with E-state index in [0.29, 0.717) is 10.2 Å². The van der Waals surface area contributed by atoms with Crippen LogP contribution in [0.1, 0.15) is 53.4 Å². The van der Waals surface area contributed by atoms with E-state index in [1.54, 1.807) is 0 Å². The molecule has 0 heterocycles. The molecule has 1 heteroatoms. The van der Waals surface area contributed by atoms with Crippen LogP contribution in [0.15, 0.2) is 0 Å². The minimum atomic E-state index is 0.302. The molecular formula is C11H22S.